The van der Waals surface area contributed by atoms with Gasteiger partial charge in [-0.1, -0.05) is 0 Å². The van der Waals surface area contributed by atoms with Crippen molar-refractivity contribution in [2.45, 2.75) is 11.4 Å². The number of rotatable bonds is 5. The van der Waals surface area contributed by atoms with E-state index < -0.39 is 21.8 Å². The molecule has 0 atom stereocenters. The maximum atomic E-state index is 11.6. The predicted molar refractivity (Wildman–Crippen MR) is 72.5 cm³/mol. The molecule has 0 aliphatic heterocycles. The molecule has 8 nitrogen and oxygen atoms in total. The SMILES string of the molecule is CN(C(N)=O)c1cc([CH]CC(N)=O)cc(S(C)(=O)=O)n1. The predicted octanol–water partition coefficient (Wildman–Crippen LogP) is -0.572. The van der Waals surface area contributed by atoms with Crippen molar-refractivity contribution >= 4 is 27.6 Å². The Morgan fingerprint density at radius 3 is 2.40 bits per heavy atom. The minimum atomic E-state index is -3.57. The second-order valence-electron chi connectivity index (χ2n) is 4.14. The second-order valence-corrected chi connectivity index (χ2v) is 6.10. The Kier molecular flexibility index (Phi) is 4.66. The number of hydrogen-bond acceptors (Lipinski definition) is 5. The quantitative estimate of drug-likeness (QED) is 0.750. The molecular formula is C11H15N4O4S. The number of hydrogen-bond donors (Lipinski definition) is 2. The summed E-state index contributed by atoms with van der Waals surface area (Å²) in [5.41, 5.74) is 10.5. The van der Waals surface area contributed by atoms with Crippen LogP contribution in [0.3, 0.4) is 0 Å². The molecule has 109 valence electrons. The lowest BCUT2D eigenvalue weighted by atomic mass is 10.1. The Labute approximate surface area is 116 Å². The van der Waals surface area contributed by atoms with E-state index in [1.165, 1.54) is 25.6 Å². The number of primary amides is 2. The van der Waals surface area contributed by atoms with Crippen LogP contribution in [0.2, 0.25) is 0 Å². The summed E-state index contributed by atoms with van der Waals surface area (Å²) in [5.74, 6) is -0.497. The highest BCUT2D eigenvalue weighted by Crippen LogP contribution is 2.19. The molecule has 0 spiro atoms. The molecule has 0 aromatic carbocycles. The van der Waals surface area contributed by atoms with Gasteiger partial charge >= 0.3 is 6.03 Å². The van der Waals surface area contributed by atoms with Crippen LogP contribution in [0.4, 0.5) is 10.6 Å². The first-order chi connectivity index (χ1) is 9.11. The van der Waals surface area contributed by atoms with Crippen molar-refractivity contribution in [2.24, 2.45) is 11.5 Å². The molecule has 3 amide bonds. The topological polar surface area (TPSA) is 136 Å². The summed E-state index contributed by atoms with van der Waals surface area (Å²) >= 11 is 0. The number of pyridine rings is 1. The third-order valence-electron chi connectivity index (χ3n) is 2.40. The molecule has 0 fully saturated rings. The van der Waals surface area contributed by atoms with E-state index in [0.717, 1.165) is 11.2 Å². The zero-order chi connectivity index (χ0) is 15.5. The van der Waals surface area contributed by atoms with Crippen LogP contribution < -0.4 is 16.4 Å². The van der Waals surface area contributed by atoms with Crippen LogP contribution in [0.15, 0.2) is 17.2 Å². The minimum absolute atomic E-state index is 0.0626. The summed E-state index contributed by atoms with van der Waals surface area (Å²) in [6, 6.07) is 1.93. The van der Waals surface area contributed by atoms with Gasteiger partial charge in [0.1, 0.15) is 5.82 Å². The Morgan fingerprint density at radius 2 is 1.95 bits per heavy atom. The van der Waals surface area contributed by atoms with E-state index in [-0.39, 0.29) is 17.3 Å². The number of amides is 3. The summed E-state index contributed by atoms with van der Waals surface area (Å²) in [7, 11) is -2.22. The molecule has 20 heavy (non-hydrogen) atoms. The van der Waals surface area contributed by atoms with Crippen LogP contribution in [0, 0.1) is 6.42 Å². The lowest BCUT2D eigenvalue weighted by Gasteiger charge is -2.15. The van der Waals surface area contributed by atoms with E-state index in [1.54, 1.807) is 0 Å². The van der Waals surface area contributed by atoms with Gasteiger partial charge < -0.3 is 11.5 Å². The Balaban J connectivity index is 3.28. The van der Waals surface area contributed by atoms with Gasteiger partial charge in [0.05, 0.1) is 0 Å². The van der Waals surface area contributed by atoms with Gasteiger partial charge in [-0.25, -0.2) is 18.2 Å². The van der Waals surface area contributed by atoms with Crippen LogP contribution >= 0.6 is 0 Å². The van der Waals surface area contributed by atoms with Crippen molar-refractivity contribution in [1.82, 2.24) is 4.98 Å². The zero-order valence-corrected chi connectivity index (χ0v) is 11.8. The van der Waals surface area contributed by atoms with Crippen LogP contribution in [0.25, 0.3) is 0 Å². The highest BCUT2D eigenvalue weighted by molar-refractivity contribution is 7.90. The fraction of sp³-hybridized carbons (Fsp3) is 0.273. The molecule has 9 heteroatoms. The first-order valence-electron chi connectivity index (χ1n) is 5.48. The summed E-state index contributed by atoms with van der Waals surface area (Å²) < 4.78 is 23.1. The molecule has 0 aliphatic carbocycles. The molecule has 0 saturated carbocycles. The van der Waals surface area contributed by atoms with Crippen molar-refractivity contribution in [3.63, 3.8) is 0 Å². The van der Waals surface area contributed by atoms with Crippen molar-refractivity contribution in [3.05, 3.63) is 24.1 Å². The molecule has 1 heterocycles. The molecule has 1 rings (SSSR count). The smallest absolute Gasteiger partial charge is 0.320 e. The Bertz CT molecular complexity index is 642. The van der Waals surface area contributed by atoms with Gasteiger partial charge in [0.15, 0.2) is 14.9 Å². The highest BCUT2D eigenvalue weighted by Gasteiger charge is 2.16. The van der Waals surface area contributed by atoms with Crippen molar-refractivity contribution in [2.75, 3.05) is 18.2 Å². The van der Waals surface area contributed by atoms with E-state index in [1.807, 2.05) is 0 Å². The van der Waals surface area contributed by atoms with Crippen LogP contribution in [-0.4, -0.2) is 38.6 Å². The van der Waals surface area contributed by atoms with Gasteiger partial charge in [-0.3, -0.25) is 9.69 Å². The zero-order valence-electron chi connectivity index (χ0n) is 11.0. The van der Waals surface area contributed by atoms with Crippen LogP contribution in [0.5, 0.6) is 0 Å². The summed E-state index contributed by atoms with van der Waals surface area (Å²) in [4.78, 5) is 26.7. The molecule has 1 aromatic heterocycles. The van der Waals surface area contributed by atoms with Crippen LogP contribution in [-0.2, 0) is 14.6 Å². The van der Waals surface area contributed by atoms with Crippen molar-refractivity contribution in [1.29, 1.82) is 0 Å². The molecule has 0 saturated heterocycles. The Hall–Kier alpha value is -2.16. The molecular weight excluding hydrogens is 284 g/mol. The number of aromatic nitrogens is 1. The second kappa shape index (κ2) is 5.87. The summed E-state index contributed by atoms with van der Waals surface area (Å²) in [5, 5.41) is -0.223. The molecule has 1 aromatic rings. The lowest BCUT2D eigenvalue weighted by molar-refractivity contribution is -0.117. The third kappa shape index (κ3) is 4.19. The monoisotopic (exact) mass is 299 g/mol. The van der Waals surface area contributed by atoms with Crippen LogP contribution in [0.1, 0.15) is 12.0 Å². The molecule has 1 radical (unpaired) electrons. The number of carbonyl (C=O) groups excluding carboxylic acids is 2. The van der Waals surface area contributed by atoms with E-state index >= 15 is 0 Å². The van der Waals surface area contributed by atoms with Gasteiger partial charge in [0.2, 0.25) is 5.91 Å². The van der Waals surface area contributed by atoms with Gasteiger partial charge in [0, 0.05) is 26.1 Å². The van der Waals surface area contributed by atoms with Crippen molar-refractivity contribution in [3.8, 4) is 0 Å². The van der Waals surface area contributed by atoms with Crippen molar-refractivity contribution < 1.29 is 18.0 Å². The summed E-state index contributed by atoms with van der Waals surface area (Å²) in [6.45, 7) is 0. The molecule has 0 unspecified atom stereocenters. The number of nitrogens with zero attached hydrogens (tertiary/aromatic N) is 2. The number of carbonyl (C=O) groups is 2. The van der Waals surface area contributed by atoms with E-state index in [0.29, 0.717) is 5.56 Å². The normalized spacial score (nSPS) is 11.1. The van der Waals surface area contributed by atoms with Gasteiger partial charge in [0.25, 0.3) is 0 Å². The molecule has 0 aliphatic rings. The number of sulfone groups is 1. The highest BCUT2D eigenvalue weighted by atomic mass is 32.2. The first kappa shape index (κ1) is 15.9. The van der Waals surface area contributed by atoms with E-state index in [2.05, 4.69) is 4.98 Å². The van der Waals surface area contributed by atoms with Gasteiger partial charge in [-0.15, -0.1) is 0 Å². The number of urea groups is 1. The van der Waals surface area contributed by atoms with E-state index in [4.69, 9.17) is 11.5 Å². The third-order valence-corrected chi connectivity index (χ3v) is 3.37. The number of nitrogens with two attached hydrogens (primary N) is 2. The maximum absolute atomic E-state index is 11.6. The fourth-order valence-corrected chi connectivity index (χ4v) is 1.93. The molecule has 0 bridgehead atoms. The molecule has 4 N–H and O–H groups in total. The maximum Gasteiger partial charge on any atom is 0.320 e. The average molecular weight is 299 g/mol. The average Bonchev–Trinajstić information content (AvgIpc) is 2.33. The standard InChI is InChI=1S/C11H15N4O4S/c1-15(11(13)17)9-5-7(3-4-8(12)16)6-10(14-9)20(2,18)19/h3,5-6H,4H2,1-2H3,(H2,12,16)(H2,13,17). The van der Waals surface area contributed by atoms with Gasteiger partial charge in [-0.05, 0) is 17.7 Å². The largest absolute Gasteiger partial charge is 0.370 e. The summed E-state index contributed by atoms with van der Waals surface area (Å²) in [6.07, 6.45) is 2.37. The van der Waals surface area contributed by atoms with Gasteiger partial charge in [-0.2, -0.15) is 0 Å². The lowest BCUT2D eigenvalue weighted by Crippen LogP contribution is -2.32. The fourth-order valence-electron chi connectivity index (χ4n) is 1.32. The van der Waals surface area contributed by atoms with E-state index in [9.17, 15) is 18.0 Å². The number of anilines is 1. The Morgan fingerprint density at radius 1 is 1.35 bits per heavy atom. The first-order valence-corrected chi connectivity index (χ1v) is 7.37. The minimum Gasteiger partial charge on any atom is -0.370 e.